The van der Waals surface area contributed by atoms with Crippen LogP contribution >= 0.6 is 0 Å². The molecular formula is C11H16O4S. The highest BCUT2D eigenvalue weighted by Crippen LogP contribution is 2.16. The Morgan fingerprint density at radius 3 is 2.00 bits per heavy atom. The lowest BCUT2D eigenvalue weighted by atomic mass is 10.4. The summed E-state index contributed by atoms with van der Waals surface area (Å²) in [5.41, 5.74) is 0. The van der Waals surface area contributed by atoms with E-state index in [0.717, 1.165) is 0 Å². The molecule has 0 bridgehead atoms. The van der Waals surface area contributed by atoms with Gasteiger partial charge in [-0.1, -0.05) is 18.2 Å². The third-order valence-electron chi connectivity index (χ3n) is 2.22. The zero-order valence-electron chi connectivity index (χ0n) is 9.42. The summed E-state index contributed by atoms with van der Waals surface area (Å²) in [6, 6.07) is 8.33. The highest BCUT2D eigenvalue weighted by atomic mass is 32.2. The zero-order chi connectivity index (χ0) is 12.0. The van der Waals surface area contributed by atoms with E-state index in [-0.39, 0.29) is 13.2 Å². The standard InChI is InChI=1S/C11H16O4S/c1-14-8-11(9-15-2)16(12,13)10-6-4-3-5-7-10/h3-7,11H,8-9H2,1-2H3. The quantitative estimate of drug-likeness (QED) is 0.752. The van der Waals surface area contributed by atoms with Crippen LogP contribution in [0.1, 0.15) is 0 Å². The summed E-state index contributed by atoms with van der Waals surface area (Å²) in [4.78, 5) is 0.300. The highest BCUT2D eigenvalue weighted by molar-refractivity contribution is 7.92. The molecule has 90 valence electrons. The van der Waals surface area contributed by atoms with Gasteiger partial charge in [-0.05, 0) is 12.1 Å². The van der Waals surface area contributed by atoms with E-state index >= 15 is 0 Å². The lowest BCUT2D eigenvalue weighted by Crippen LogP contribution is -2.30. The van der Waals surface area contributed by atoms with E-state index in [2.05, 4.69) is 0 Å². The van der Waals surface area contributed by atoms with Crippen molar-refractivity contribution in [3.63, 3.8) is 0 Å². The van der Waals surface area contributed by atoms with Gasteiger partial charge in [-0.2, -0.15) is 0 Å². The molecule has 5 heteroatoms. The summed E-state index contributed by atoms with van der Waals surface area (Å²) >= 11 is 0. The van der Waals surface area contributed by atoms with Crippen molar-refractivity contribution in [3.05, 3.63) is 30.3 Å². The smallest absolute Gasteiger partial charge is 0.185 e. The first-order valence-electron chi connectivity index (χ1n) is 4.89. The molecule has 0 atom stereocenters. The Bertz CT molecular complexity index is 393. The van der Waals surface area contributed by atoms with Crippen LogP contribution in [0.3, 0.4) is 0 Å². The summed E-state index contributed by atoms with van der Waals surface area (Å²) in [7, 11) is -0.425. The Morgan fingerprint density at radius 1 is 1.06 bits per heavy atom. The van der Waals surface area contributed by atoms with Gasteiger partial charge in [0.05, 0.1) is 18.1 Å². The maximum absolute atomic E-state index is 12.2. The van der Waals surface area contributed by atoms with Crippen LogP contribution in [-0.2, 0) is 19.3 Å². The third kappa shape index (κ3) is 3.04. The van der Waals surface area contributed by atoms with E-state index in [1.54, 1.807) is 30.3 Å². The fourth-order valence-corrected chi connectivity index (χ4v) is 2.95. The van der Waals surface area contributed by atoms with Crippen LogP contribution in [0.15, 0.2) is 35.2 Å². The molecule has 0 N–H and O–H groups in total. The zero-order valence-corrected chi connectivity index (χ0v) is 10.2. The molecule has 0 heterocycles. The van der Waals surface area contributed by atoms with E-state index in [0.29, 0.717) is 4.90 Å². The number of hydrogen-bond donors (Lipinski definition) is 0. The van der Waals surface area contributed by atoms with Crippen molar-refractivity contribution in [1.82, 2.24) is 0 Å². The molecule has 0 saturated heterocycles. The van der Waals surface area contributed by atoms with Gasteiger partial charge in [-0.25, -0.2) is 8.42 Å². The fraction of sp³-hybridized carbons (Fsp3) is 0.455. The van der Waals surface area contributed by atoms with Gasteiger partial charge in [0.1, 0.15) is 5.25 Å². The Hall–Kier alpha value is -0.910. The first kappa shape index (κ1) is 13.2. The van der Waals surface area contributed by atoms with Gasteiger partial charge in [0.25, 0.3) is 0 Å². The van der Waals surface area contributed by atoms with Crippen molar-refractivity contribution in [2.24, 2.45) is 0 Å². The monoisotopic (exact) mass is 244 g/mol. The molecule has 0 fully saturated rings. The molecule has 16 heavy (non-hydrogen) atoms. The van der Waals surface area contributed by atoms with Gasteiger partial charge < -0.3 is 9.47 Å². The molecule has 0 amide bonds. The van der Waals surface area contributed by atoms with Crippen molar-refractivity contribution in [3.8, 4) is 0 Å². The summed E-state index contributed by atoms with van der Waals surface area (Å²) in [5.74, 6) is 0. The molecule has 0 saturated carbocycles. The summed E-state index contributed by atoms with van der Waals surface area (Å²) in [6.45, 7) is 0.260. The minimum Gasteiger partial charge on any atom is -0.383 e. The maximum atomic E-state index is 12.2. The van der Waals surface area contributed by atoms with E-state index < -0.39 is 15.1 Å². The van der Waals surface area contributed by atoms with E-state index in [1.807, 2.05) is 0 Å². The minimum absolute atomic E-state index is 0.130. The molecule has 0 aliphatic heterocycles. The normalized spacial score (nSPS) is 11.9. The van der Waals surface area contributed by atoms with Gasteiger partial charge in [-0.3, -0.25) is 0 Å². The Balaban J connectivity index is 2.98. The average Bonchev–Trinajstić information content (AvgIpc) is 2.30. The average molecular weight is 244 g/mol. The third-order valence-corrected chi connectivity index (χ3v) is 4.29. The predicted octanol–water partition coefficient (Wildman–Crippen LogP) is 1.12. The molecule has 0 aliphatic carbocycles. The number of ether oxygens (including phenoxy) is 2. The first-order valence-corrected chi connectivity index (χ1v) is 6.44. The van der Waals surface area contributed by atoms with Crippen LogP contribution in [0.5, 0.6) is 0 Å². The Kier molecular flexibility index (Phi) is 4.92. The molecule has 1 aromatic rings. The van der Waals surface area contributed by atoms with Crippen molar-refractivity contribution >= 4 is 9.84 Å². The topological polar surface area (TPSA) is 52.6 Å². The number of sulfone groups is 1. The summed E-state index contributed by atoms with van der Waals surface area (Å²) in [6.07, 6.45) is 0. The number of methoxy groups -OCH3 is 2. The molecule has 0 spiro atoms. The molecule has 1 aromatic carbocycles. The largest absolute Gasteiger partial charge is 0.383 e. The SMILES string of the molecule is COCC(COC)S(=O)(=O)c1ccccc1. The van der Waals surface area contributed by atoms with Crippen molar-refractivity contribution in [2.75, 3.05) is 27.4 Å². The Morgan fingerprint density at radius 2 is 1.56 bits per heavy atom. The molecule has 0 aliphatic rings. The molecule has 0 radical (unpaired) electrons. The van der Waals surface area contributed by atoms with Crippen LogP contribution in [-0.4, -0.2) is 41.1 Å². The van der Waals surface area contributed by atoms with Crippen LogP contribution in [0.2, 0.25) is 0 Å². The van der Waals surface area contributed by atoms with Gasteiger partial charge in [0, 0.05) is 14.2 Å². The second-order valence-electron chi connectivity index (χ2n) is 3.39. The summed E-state index contributed by atoms with van der Waals surface area (Å²) in [5, 5.41) is -0.662. The van der Waals surface area contributed by atoms with Gasteiger partial charge in [0.2, 0.25) is 0 Å². The van der Waals surface area contributed by atoms with E-state index in [9.17, 15) is 8.42 Å². The lowest BCUT2D eigenvalue weighted by Gasteiger charge is -2.15. The molecule has 4 nitrogen and oxygen atoms in total. The number of benzene rings is 1. The van der Waals surface area contributed by atoms with E-state index in [1.165, 1.54) is 14.2 Å². The van der Waals surface area contributed by atoms with Crippen LogP contribution in [0.4, 0.5) is 0 Å². The highest BCUT2D eigenvalue weighted by Gasteiger charge is 2.27. The Labute approximate surface area is 96.1 Å². The van der Waals surface area contributed by atoms with E-state index in [4.69, 9.17) is 9.47 Å². The van der Waals surface area contributed by atoms with Crippen LogP contribution in [0.25, 0.3) is 0 Å². The minimum atomic E-state index is -3.38. The second kappa shape index (κ2) is 5.98. The first-order chi connectivity index (χ1) is 7.62. The molecule has 0 unspecified atom stereocenters. The second-order valence-corrected chi connectivity index (χ2v) is 5.62. The molecule has 0 aromatic heterocycles. The van der Waals surface area contributed by atoms with Gasteiger partial charge >= 0.3 is 0 Å². The lowest BCUT2D eigenvalue weighted by molar-refractivity contribution is 0.141. The van der Waals surface area contributed by atoms with Gasteiger partial charge in [0.15, 0.2) is 9.84 Å². The van der Waals surface area contributed by atoms with Crippen molar-refractivity contribution in [1.29, 1.82) is 0 Å². The van der Waals surface area contributed by atoms with Crippen LogP contribution in [0, 0.1) is 0 Å². The summed E-state index contributed by atoms with van der Waals surface area (Å²) < 4.78 is 34.1. The van der Waals surface area contributed by atoms with Gasteiger partial charge in [-0.15, -0.1) is 0 Å². The fourth-order valence-electron chi connectivity index (χ4n) is 1.40. The molecular weight excluding hydrogens is 228 g/mol. The predicted molar refractivity (Wildman–Crippen MR) is 61.2 cm³/mol. The maximum Gasteiger partial charge on any atom is 0.185 e. The number of hydrogen-bond acceptors (Lipinski definition) is 4. The van der Waals surface area contributed by atoms with Crippen molar-refractivity contribution in [2.45, 2.75) is 10.1 Å². The number of rotatable bonds is 6. The van der Waals surface area contributed by atoms with Crippen LogP contribution < -0.4 is 0 Å². The van der Waals surface area contributed by atoms with Crippen molar-refractivity contribution < 1.29 is 17.9 Å². The molecule has 1 rings (SSSR count).